The lowest BCUT2D eigenvalue weighted by atomic mass is 10.3. The molecular weight excluding hydrogens is 324 g/mol. The predicted octanol–water partition coefficient (Wildman–Crippen LogP) is 3.13. The zero-order valence-electron chi connectivity index (χ0n) is 11.5. The lowest BCUT2D eigenvalue weighted by molar-refractivity contribution is 0.0520. The van der Waals surface area contributed by atoms with Crippen LogP contribution < -0.4 is 4.74 Å². The van der Waals surface area contributed by atoms with Crippen molar-refractivity contribution < 1.29 is 14.3 Å². The van der Waals surface area contributed by atoms with Crippen molar-refractivity contribution in [1.82, 2.24) is 9.55 Å². The molecule has 1 aromatic carbocycles. The number of rotatable bonds is 4. The fourth-order valence-corrected chi connectivity index (χ4v) is 2.21. The number of imidazole rings is 1. The molecule has 0 spiro atoms. The van der Waals surface area contributed by atoms with Crippen molar-refractivity contribution in [2.75, 3.05) is 13.7 Å². The third kappa shape index (κ3) is 2.85. The van der Waals surface area contributed by atoms with Crippen LogP contribution in [0.1, 0.15) is 23.2 Å². The molecule has 0 aliphatic carbocycles. The van der Waals surface area contributed by atoms with E-state index in [1.54, 1.807) is 24.8 Å². The second-order valence-corrected chi connectivity index (χ2v) is 5.00. The first-order valence-electron chi connectivity index (χ1n) is 6.13. The second-order valence-electron chi connectivity index (χ2n) is 4.08. The van der Waals surface area contributed by atoms with Crippen molar-refractivity contribution in [3.8, 4) is 11.4 Å². The summed E-state index contributed by atoms with van der Waals surface area (Å²) in [6.07, 6.45) is 1.65. The first-order chi connectivity index (χ1) is 9.56. The normalized spacial score (nSPS) is 10.4. The van der Waals surface area contributed by atoms with E-state index in [4.69, 9.17) is 9.47 Å². The Morgan fingerprint density at radius 1 is 1.45 bits per heavy atom. The molecule has 0 radical (unpaired) electrons. The fourth-order valence-electron chi connectivity index (χ4n) is 1.87. The highest BCUT2D eigenvalue weighted by atomic mass is 79.9. The van der Waals surface area contributed by atoms with Crippen LogP contribution in [0.2, 0.25) is 0 Å². The van der Waals surface area contributed by atoms with Crippen molar-refractivity contribution in [2.24, 2.45) is 0 Å². The van der Waals surface area contributed by atoms with Gasteiger partial charge in [0.15, 0.2) is 5.69 Å². The highest BCUT2D eigenvalue weighted by Gasteiger charge is 2.16. The van der Waals surface area contributed by atoms with Gasteiger partial charge < -0.3 is 9.47 Å². The summed E-state index contributed by atoms with van der Waals surface area (Å²) in [7, 11) is 1.60. The van der Waals surface area contributed by atoms with E-state index < -0.39 is 5.97 Å². The molecule has 20 heavy (non-hydrogen) atoms. The quantitative estimate of drug-likeness (QED) is 0.803. The highest BCUT2D eigenvalue weighted by molar-refractivity contribution is 9.10. The van der Waals surface area contributed by atoms with Crippen LogP contribution in [0.3, 0.4) is 0 Å². The topological polar surface area (TPSA) is 53.4 Å². The van der Waals surface area contributed by atoms with E-state index in [9.17, 15) is 4.79 Å². The van der Waals surface area contributed by atoms with E-state index in [-0.39, 0.29) is 5.69 Å². The number of carbonyl (C=O) groups excluding carboxylic acids is 1. The van der Waals surface area contributed by atoms with Gasteiger partial charge in [-0.05, 0) is 32.0 Å². The number of hydrogen-bond donors (Lipinski definition) is 0. The lowest BCUT2D eigenvalue weighted by Crippen LogP contribution is -2.04. The van der Waals surface area contributed by atoms with Gasteiger partial charge in [-0.2, -0.15) is 0 Å². The number of aryl methyl sites for hydroxylation is 1. The van der Waals surface area contributed by atoms with E-state index in [0.29, 0.717) is 18.2 Å². The Kier molecular flexibility index (Phi) is 4.44. The van der Waals surface area contributed by atoms with Gasteiger partial charge in [0.25, 0.3) is 0 Å². The van der Waals surface area contributed by atoms with Crippen molar-refractivity contribution in [1.29, 1.82) is 0 Å². The SMILES string of the molecule is CCOC(=O)c1cn(-c2ccc(Br)cc2OC)c(C)n1. The van der Waals surface area contributed by atoms with Crippen LogP contribution in [0, 0.1) is 6.92 Å². The highest BCUT2D eigenvalue weighted by Crippen LogP contribution is 2.28. The number of methoxy groups -OCH3 is 1. The Morgan fingerprint density at radius 2 is 2.20 bits per heavy atom. The molecule has 0 aliphatic heterocycles. The average molecular weight is 339 g/mol. The monoisotopic (exact) mass is 338 g/mol. The van der Waals surface area contributed by atoms with Crippen molar-refractivity contribution in [3.05, 3.63) is 40.4 Å². The molecule has 6 heteroatoms. The van der Waals surface area contributed by atoms with Gasteiger partial charge in [0.2, 0.25) is 0 Å². The average Bonchev–Trinajstić information content (AvgIpc) is 2.81. The van der Waals surface area contributed by atoms with Gasteiger partial charge in [-0.3, -0.25) is 4.57 Å². The van der Waals surface area contributed by atoms with Crippen LogP contribution in [0.25, 0.3) is 5.69 Å². The van der Waals surface area contributed by atoms with Gasteiger partial charge in [-0.25, -0.2) is 9.78 Å². The van der Waals surface area contributed by atoms with E-state index in [1.165, 1.54) is 0 Å². The molecule has 0 N–H and O–H groups in total. The lowest BCUT2D eigenvalue weighted by Gasteiger charge is -2.10. The summed E-state index contributed by atoms with van der Waals surface area (Å²) in [5.74, 6) is 0.953. The number of hydrogen-bond acceptors (Lipinski definition) is 4. The van der Waals surface area contributed by atoms with Crippen LogP contribution in [-0.2, 0) is 4.74 Å². The Morgan fingerprint density at radius 3 is 2.85 bits per heavy atom. The summed E-state index contributed by atoms with van der Waals surface area (Å²) in [5.41, 5.74) is 1.10. The third-order valence-electron chi connectivity index (χ3n) is 2.77. The number of ether oxygens (including phenoxy) is 2. The summed E-state index contributed by atoms with van der Waals surface area (Å²) < 4.78 is 13.0. The smallest absolute Gasteiger partial charge is 0.358 e. The van der Waals surface area contributed by atoms with Crippen LogP contribution in [-0.4, -0.2) is 29.2 Å². The summed E-state index contributed by atoms with van der Waals surface area (Å²) in [4.78, 5) is 15.9. The van der Waals surface area contributed by atoms with E-state index >= 15 is 0 Å². The molecule has 0 amide bonds. The van der Waals surface area contributed by atoms with Gasteiger partial charge in [0.1, 0.15) is 11.6 Å². The molecule has 0 aliphatic rings. The third-order valence-corrected chi connectivity index (χ3v) is 3.26. The first kappa shape index (κ1) is 14.6. The van der Waals surface area contributed by atoms with Crippen LogP contribution in [0.4, 0.5) is 0 Å². The minimum Gasteiger partial charge on any atom is -0.495 e. The Balaban J connectivity index is 2.46. The number of benzene rings is 1. The Labute approximate surface area is 125 Å². The molecule has 1 aromatic heterocycles. The largest absolute Gasteiger partial charge is 0.495 e. The number of esters is 1. The van der Waals surface area contributed by atoms with Crippen molar-refractivity contribution in [2.45, 2.75) is 13.8 Å². The summed E-state index contributed by atoms with van der Waals surface area (Å²) in [5, 5.41) is 0. The van der Waals surface area contributed by atoms with Crippen molar-refractivity contribution in [3.63, 3.8) is 0 Å². The molecule has 5 nitrogen and oxygen atoms in total. The predicted molar refractivity (Wildman–Crippen MR) is 78.5 cm³/mol. The molecule has 0 saturated carbocycles. The molecule has 0 bridgehead atoms. The van der Waals surface area contributed by atoms with Gasteiger partial charge in [-0.1, -0.05) is 15.9 Å². The minimum absolute atomic E-state index is 0.286. The molecule has 2 rings (SSSR count). The Bertz CT molecular complexity index is 637. The zero-order chi connectivity index (χ0) is 14.7. The number of halogens is 1. The summed E-state index contributed by atoms with van der Waals surface area (Å²) in [6, 6.07) is 5.66. The van der Waals surface area contributed by atoms with Gasteiger partial charge >= 0.3 is 5.97 Å². The standard InChI is InChI=1S/C14H15BrN2O3/c1-4-20-14(18)11-8-17(9(2)16-11)12-6-5-10(15)7-13(12)19-3/h5-8H,4H2,1-3H3. The first-order valence-corrected chi connectivity index (χ1v) is 6.93. The molecule has 2 aromatic rings. The van der Waals surface area contributed by atoms with Gasteiger partial charge in [0.05, 0.1) is 19.4 Å². The fraction of sp³-hybridized carbons (Fsp3) is 0.286. The molecule has 0 unspecified atom stereocenters. The number of carbonyl (C=O) groups is 1. The van der Waals surface area contributed by atoms with Gasteiger partial charge in [0, 0.05) is 10.7 Å². The summed E-state index contributed by atoms with van der Waals surface area (Å²) in [6.45, 7) is 3.91. The van der Waals surface area contributed by atoms with E-state index in [0.717, 1.165) is 10.2 Å². The molecule has 0 saturated heterocycles. The van der Waals surface area contributed by atoms with E-state index in [2.05, 4.69) is 20.9 Å². The molecule has 1 heterocycles. The molecule has 0 atom stereocenters. The zero-order valence-corrected chi connectivity index (χ0v) is 13.1. The van der Waals surface area contributed by atoms with Crippen molar-refractivity contribution >= 4 is 21.9 Å². The molecule has 0 fully saturated rings. The van der Waals surface area contributed by atoms with E-state index in [1.807, 2.05) is 25.1 Å². The second kappa shape index (κ2) is 6.09. The van der Waals surface area contributed by atoms with Crippen LogP contribution in [0.15, 0.2) is 28.9 Å². The maximum atomic E-state index is 11.7. The maximum absolute atomic E-state index is 11.7. The Hall–Kier alpha value is -1.82. The van der Waals surface area contributed by atoms with Crippen LogP contribution >= 0.6 is 15.9 Å². The molecule has 106 valence electrons. The van der Waals surface area contributed by atoms with Gasteiger partial charge in [-0.15, -0.1) is 0 Å². The number of nitrogens with zero attached hydrogens (tertiary/aromatic N) is 2. The van der Waals surface area contributed by atoms with Crippen LogP contribution in [0.5, 0.6) is 5.75 Å². The maximum Gasteiger partial charge on any atom is 0.358 e. The minimum atomic E-state index is -0.426. The number of aromatic nitrogens is 2. The summed E-state index contributed by atoms with van der Waals surface area (Å²) >= 11 is 3.40. The molecular formula is C14H15BrN2O3.